The summed E-state index contributed by atoms with van der Waals surface area (Å²) in [5, 5.41) is 9.29. The SMILES string of the molecule is CCOCCNC(=O)C1CNC(C)CN1. The second-order valence-corrected chi connectivity index (χ2v) is 3.76. The van der Waals surface area contributed by atoms with Gasteiger partial charge in [-0.2, -0.15) is 0 Å². The number of hydrogen-bond acceptors (Lipinski definition) is 4. The summed E-state index contributed by atoms with van der Waals surface area (Å²) in [7, 11) is 0. The van der Waals surface area contributed by atoms with Gasteiger partial charge in [0.15, 0.2) is 0 Å². The Hall–Kier alpha value is -0.650. The monoisotopic (exact) mass is 215 g/mol. The van der Waals surface area contributed by atoms with Gasteiger partial charge in [0.05, 0.1) is 12.6 Å². The molecule has 15 heavy (non-hydrogen) atoms. The maximum Gasteiger partial charge on any atom is 0.238 e. The minimum Gasteiger partial charge on any atom is -0.380 e. The molecule has 0 bridgehead atoms. The van der Waals surface area contributed by atoms with Crippen LogP contribution in [0, 0.1) is 0 Å². The van der Waals surface area contributed by atoms with E-state index in [1.807, 2.05) is 6.92 Å². The molecular weight excluding hydrogens is 194 g/mol. The molecule has 0 aromatic carbocycles. The van der Waals surface area contributed by atoms with Crippen LogP contribution in [0.25, 0.3) is 0 Å². The van der Waals surface area contributed by atoms with Gasteiger partial charge in [0.1, 0.15) is 0 Å². The molecule has 2 unspecified atom stereocenters. The summed E-state index contributed by atoms with van der Waals surface area (Å²) in [6.07, 6.45) is 0. The number of carbonyl (C=O) groups is 1. The quantitative estimate of drug-likeness (QED) is 0.520. The van der Waals surface area contributed by atoms with Gasteiger partial charge in [-0.05, 0) is 13.8 Å². The lowest BCUT2D eigenvalue weighted by Gasteiger charge is -2.28. The van der Waals surface area contributed by atoms with Crippen molar-refractivity contribution in [1.29, 1.82) is 0 Å². The molecule has 1 rings (SSSR count). The van der Waals surface area contributed by atoms with E-state index in [0.29, 0.717) is 32.3 Å². The summed E-state index contributed by atoms with van der Waals surface area (Å²) >= 11 is 0. The van der Waals surface area contributed by atoms with E-state index in [4.69, 9.17) is 4.74 Å². The number of amides is 1. The van der Waals surface area contributed by atoms with Crippen molar-refractivity contribution in [3.05, 3.63) is 0 Å². The summed E-state index contributed by atoms with van der Waals surface area (Å²) in [5.74, 6) is 0.0501. The van der Waals surface area contributed by atoms with Crippen molar-refractivity contribution in [2.24, 2.45) is 0 Å². The van der Waals surface area contributed by atoms with Gasteiger partial charge >= 0.3 is 0 Å². The van der Waals surface area contributed by atoms with Crippen LogP contribution < -0.4 is 16.0 Å². The fourth-order valence-corrected chi connectivity index (χ4v) is 1.48. The minimum absolute atomic E-state index is 0.0501. The molecule has 5 nitrogen and oxygen atoms in total. The molecule has 1 fully saturated rings. The molecule has 1 aliphatic rings. The Labute approximate surface area is 90.9 Å². The molecule has 0 aliphatic carbocycles. The molecule has 0 spiro atoms. The van der Waals surface area contributed by atoms with Gasteiger partial charge < -0.3 is 20.7 Å². The van der Waals surface area contributed by atoms with Crippen molar-refractivity contribution in [2.45, 2.75) is 25.9 Å². The molecule has 1 aliphatic heterocycles. The van der Waals surface area contributed by atoms with Crippen LogP contribution in [0.3, 0.4) is 0 Å². The third-order valence-corrected chi connectivity index (χ3v) is 2.41. The molecule has 0 aromatic heterocycles. The maximum atomic E-state index is 11.6. The van der Waals surface area contributed by atoms with E-state index >= 15 is 0 Å². The second-order valence-electron chi connectivity index (χ2n) is 3.76. The first-order chi connectivity index (χ1) is 7.24. The molecule has 1 saturated heterocycles. The second kappa shape index (κ2) is 6.76. The Morgan fingerprint density at radius 1 is 1.47 bits per heavy atom. The largest absolute Gasteiger partial charge is 0.380 e. The minimum atomic E-state index is -0.108. The highest BCUT2D eigenvalue weighted by Gasteiger charge is 2.22. The van der Waals surface area contributed by atoms with Crippen LogP contribution in [0.2, 0.25) is 0 Å². The fourth-order valence-electron chi connectivity index (χ4n) is 1.48. The zero-order valence-corrected chi connectivity index (χ0v) is 9.51. The van der Waals surface area contributed by atoms with Crippen LogP contribution in [0.1, 0.15) is 13.8 Å². The molecule has 0 saturated carbocycles. The van der Waals surface area contributed by atoms with E-state index in [0.717, 1.165) is 6.54 Å². The Balaban J connectivity index is 2.11. The highest BCUT2D eigenvalue weighted by Crippen LogP contribution is 1.92. The highest BCUT2D eigenvalue weighted by atomic mass is 16.5. The van der Waals surface area contributed by atoms with Crippen molar-refractivity contribution >= 4 is 5.91 Å². The van der Waals surface area contributed by atoms with E-state index in [2.05, 4.69) is 22.9 Å². The summed E-state index contributed by atoms with van der Waals surface area (Å²) in [6, 6.07) is 0.334. The van der Waals surface area contributed by atoms with E-state index < -0.39 is 0 Å². The zero-order chi connectivity index (χ0) is 11.1. The van der Waals surface area contributed by atoms with Crippen LogP contribution in [0.5, 0.6) is 0 Å². The molecule has 1 amide bonds. The number of nitrogens with one attached hydrogen (secondary N) is 3. The van der Waals surface area contributed by atoms with Crippen LogP contribution >= 0.6 is 0 Å². The van der Waals surface area contributed by atoms with Crippen LogP contribution in [-0.4, -0.2) is 50.8 Å². The predicted octanol–water partition coefficient (Wildman–Crippen LogP) is -0.911. The first-order valence-corrected chi connectivity index (χ1v) is 5.56. The summed E-state index contributed by atoms with van der Waals surface area (Å²) in [4.78, 5) is 11.6. The molecule has 5 heteroatoms. The smallest absolute Gasteiger partial charge is 0.238 e. The Bertz CT molecular complexity index is 191. The topological polar surface area (TPSA) is 62.4 Å². The van der Waals surface area contributed by atoms with Gasteiger partial charge in [0, 0.05) is 32.3 Å². The predicted molar refractivity (Wildman–Crippen MR) is 58.8 cm³/mol. The Morgan fingerprint density at radius 2 is 2.27 bits per heavy atom. The van der Waals surface area contributed by atoms with Crippen molar-refractivity contribution < 1.29 is 9.53 Å². The van der Waals surface area contributed by atoms with E-state index in [1.54, 1.807) is 0 Å². The van der Waals surface area contributed by atoms with Gasteiger partial charge in [0.2, 0.25) is 5.91 Å². The molecule has 0 aromatic rings. The molecule has 1 heterocycles. The molecule has 2 atom stereocenters. The lowest BCUT2D eigenvalue weighted by atomic mass is 10.1. The van der Waals surface area contributed by atoms with Gasteiger partial charge in [-0.1, -0.05) is 0 Å². The number of carbonyl (C=O) groups excluding carboxylic acids is 1. The van der Waals surface area contributed by atoms with Crippen LogP contribution in [0.15, 0.2) is 0 Å². The van der Waals surface area contributed by atoms with Crippen molar-refractivity contribution in [1.82, 2.24) is 16.0 Å². The highest BCUT2D eigenvalue weighted by molar-refractivity contribution is 5.82. The van der Waals surface area contributed by atoms with Gasteiger partial charge in [0.25, 0.3) is 0 Å². The van der Waals surface area contributed by atoms with E-state index in [-0.39, 0.29) is 11.9 Å². The van der Waals surface area contributed by atoms with Crippen molar-refractivity contribution in [3.8, 4) is 0 Å². The normalized spacial score (nSPS) is 26.3. The third-order valence-electron chi connectivity index (χ3n) is 2.41. The standard InChI is InChI=1S/C10H21N3O2/c1-3-15-5-4-11-10(14)9-7-12-8(2)6-13-9/h8-9,12-13H,3-7H2,1-2H3,(H,11,14). The molecule has 3 N–H and O–H groups in total. The number of piperazine rings is 1. The molecular formula is C10H21N3O2. The fraction of sp³-hybridized carbons (Fsp3) is 0.900. The Morgan fingerprint density at radius 3 is 2.87 bits per heavy atom. The van der Waals surface area contributed by atoms with Crippen LogP contribution in [-0.2, 0) is 9.53 Å². The van der Waals surface area contributed by atoms with Gasteiger partial charge in [-0.25, -0.2) is 0 Å². The average Bonchev–Trinajstić information content (AvgIpc) is 2.25. The van der Waals surface area contributed by atoms with Crippen molar-refractivity contribution in [2.75, 3.05) is 32.8 Å². The zero-order valence-electron chi connectivity index (χ0n) is 9.51. The summed E-state index contributed by atoms with van der Waals surface area (Å²) < 4.78 is 5.14. The maximum absolute atomic E-state index is 11.6. The van der Waals surface area contributed by atoms with E-state index in [1.165, 1.54) is 0 Å². The molecule has 88 valence electrons. The summed E-state index contributed by atoms with van der Waals surface area (Å²) in [6.45, 7) is 7.42. The number of ether oxygens (including phenoxy) is 1. The number of hydrogen-bond donors (Lipinski definition) is 3. The number of rotatable bonds is 5. The van der Waals surface area contributed by atoms with Gasteiger partial charge in [-0.3, -0.25) is 4.79 Å². The first kappa shape index (κ1) is 12.4. The lowest BCUT2D eigenvalue weighted by Crippen LogP contribution is -2.59. The third kappa shape index (κ3) is 4.59. The Kier molecular flexibility index (Phi) is 5.60. The molecule has 0 radical (unpaired) electrons. The van der Waals surface area contributed by atoms with Gasteiger partial charge in [-0.15, -0.1) is 0 Å². The van der Waals surface area contributed by atoms with E-state index in [9.17, 15) is 4.79 Å². The average molecular weight is 215 g/mol. The van der Waals surface area contributed by atoms with Crippen LogP contribution in [0.4, 0.5) is 0 Å². The lowest BCUT2D eigenvalue weighted by molar-refractivity contribution is -0.123. The first-order valence-electron chi connectivity index (χ1n) is 5.56. The summed E-state index contributed by atoms with van der Waals surface area (Å²) in [5.41, 5.74) is 0. The van der Waals surface area contributed by atoms with Crippen molar-refractivity contribution in [3.63, 3.8) is 0 Å².